The van der Waals surface area contributed by atoms with Gasteiger partial charge in [0.1, 0.15) is 5.41 Å². The number of likely N-dealkylation sites (tertiary alicyclic amines) is 1. The molecule has 1 saturated heterocycles. The topological polar surface area (TPSA) is 62.4 Å². The van der Waals surface area contributed by atoms with Crippen LogP contribution in [-0.2, 0) is 14.9 Å². The van der Waals surface area contributed by atoms with Gasteiger partial charge in [0.05, 0.1) is 12.7 Å². The first kappa shape index (κ1) is 15.9. The molecule has 4 rings (SSSR count). The molecule has 0 radical (unpaired) electrons. The van der Waals surface area contributed by atoms with Crippen molar-refractivity contribution in [1.29, 1.82) is 0 Å². The number of hydrogen-bond acceptors (Lipinski definition) is 3. The van der Waals surface area contributed by atoms with Crippen molar-refractivity contribution >= 4 is 11.9 Å². The zero-order chi connectivity index (χ0) is 17.4. The average Bonchev–Trinajstić information content (AvgIpc) is 3.21. The van der Waals surface area contributed by atoms with Crippen LogP contribution in [0.3, 0.4) is 0 Å². The fourth-order valence-corrected chi connectivity index (χ4v) is 3.90. The minimum absolute atomic E-state index is 0.00450. The van der Waals surface area contributed by atoms with E-state index >= 15 is 0 Å². The Morgan fingerprint density at radius 1 is 1.20 bits per heavy atom. The van der Waals surface area contributed by atoms with Gasteiger partial charge in [-0.2, -0.15) is 0 Å². The van der Waals surface area contributed by atoms with Crippen molar-refractivity contribution in [2.45, 2.75) is 30.6 Å². The van der Waals surface area contributed by atoms with Gasteiger partial charge in [0.25, 0.3) is 5.91 Å². The molecule has 1 N–H and O–H groups in total. The number of ether oxygens (including phenoxy) is 1. The van der Waals surface area contributed by atoms with Crippen LogP contribution >= 0.6 is 0 Å². The Kier molecular flexibility index (Phi) is 3.86. The largest absolute Gasteiger partial charge is 0.468 e. The smallest absolute Gasteiger partial charge is 0.318 e. The maximum absolute atomic E-state index is 13.0. The van der Waals surface area contributed by atoms with E-state index in [-0.39, 0.29) is 11.9 Å². The van der Waals surface area contributed by atoms with Crippen LogP contribution in [0.25, 0.3) is 0 Å². The molecule has 1 amide bonds. The number of aromatic nitrogens is 1. The zero-order valence-corrected chi connectivity index (χ0v) is 14.3. The predicted octanol–water partition coefficient (Wildman–Crippen LogP) is 2.85. The lowest BCUT2D eigenvalue weighted by molar-refractivity contribution is -0.147. The summed E-state index contributed by atoms with van der Waals surface area (Å²) >= 11 is 0. The monoisotopic (exact) mass is 338 g/mol. The molecule has 0 spiro atoms. The number of rotatable bonds is 4. The Balaban J connectivity index is 1.62. The summed E-state index contributed by atoms with van der Waals surface area (Å²) in [5.41, 5.74) is 1.92. The SMILES string of the molecule is COC(=O)C1(c2ccccc2)CCN(C(=O)c2cc[nH]c2C2CC2)C1. The first-order valence-corrected chi connectivity index (χ1v) is 8.76. The molecule has 25 heavy (non-hydrogen) atoms. The van der Waals surface area contributed by atoms with Gasteiger partial charge in [-0.05, 0) is 36.8 Å². The second-order valence-electron chi connectivity index (χ2n) is 7.00. The van der Waals surface area contributed by atoms with E-state index in [0.717, 1.165) is 29.7 Å². The number of esters is 1. The molecule has 1 aliphatic heterocycles. The first-order valence-electron chi connectivity index (χ1n) is 8.76. The summed E-state index contributed by atoms with van der Waals surface area (Å²) in [6.07, 6.45) is 4.69. The molecule has 1 aromatic heterocycles. The highest BCUT2D eigenvalue weighted by molar-refractivity contribution is 5.97. The molecule has 1 atom stereocenters. The number of hydrogen-bond donors (Lipinski definition) is 1. The van der Waals surface area contributed by atoms with Crippen LogP contribution in [-0.4, -0.2) is 42.0 Å². The van der Waals surface area contributed by atoms with Gasteiger partial charge in [-0.3, -0.25) is 9.59 Å². The molecular formula is C20H22N2O3. The predicted molar refractivity (Wildman–Crippen MR) is 93.4 cm³/mol. The summed E-state index contributed by atoms with van der Waals surface area (Å²) in [5, 5.41) is 0. The second-order valence-corrected chi connectivity index (χ2v) is 7.00. The van der Waals surface area contributed by atoms with E-state index < -0.39 is 5.41 Å². The van der Waals surface area contributed by atoms with Gasteiger partial charge in [-0.15, -0.1) is 0 Å². The fourth-order valence-electron chi connectivity index (χ4n) is 3.90. The van der Waals surface area contributed by atoms with Crippen molar-refractivity contribution in [2.75, 3.05) is 20.2 Å². The van der Waals surface area contributed by atoms with E-state index in [2.05, 4.69) is 4.98 Å². The molecular weight excluding hydrogens is 316 g/mol. The minimum atomic E-state index is -0.776. The third-order valence-corrected chi connectivity index (χ3v) is 5.45. The lowest BCUT2D eigenvalue weighted by Crippen LogP contribution is -2.41. The van der Waals surface area contributed by atoms with Crippen LogP contribution in [0, 0.1) is 0 Å². The van der Waals surface area contributed by atoms with Crippen molar-refractivity contribution in [1.82, 2.24) is 9.88 Å². The Hall–Kier alpha value is -2.56. The highest BCUT2D eigenvalue weighted by atomic mass is 16.5. The van der Waals surface area contributed by atoms with Gasteiger partial charge in [0.2, 0.25) is 0 Å². The number of carbonyl (C=O) groups is 2. The molecule has 5 heteroatoms. The number of carbonyl (C=O) groups excluding carboxylic acids is 2. The van der Waals surface area contributed by atoms with Crippen LogP contribution in [0.2, 0.25) is 0 Å². The molecule has 1 saturated carbocycles. The Morgan fingerprint density at radius 3 is 2.64 bits per heavy atom. The number of benzene rings is 1. The third-order valence-electron chi connectivity index (χ3n) is 5.45. The first-order chi connectivity index (χ1) is 12.2. The fraction of sp³-hybridized carbons (Fsp3) is 0.400. The summed E-state index contributed by atoms with van der Waals surface area (Å²) in [6, 6.07) is 11.5. The summed E-state index contributed by atoms with van der Waals surface area (Å²) in [5.74, 6) is 0.214. The van der Waals surface area contributed by atoms with E-state index in [1.807, 2.05) is 42.6 Å². The lowest BCUT2D eigenvalue weighted by Gasteiger charge is -2.27. The molecule has 1 aromatic carbocycles. The molecule has 2 aliphatic rings. The lowest BCUT2D eigenvalue weighted by atomic mass is 9.79. The van der Waals surface area contributed by atoms with E-state index in [4.69, 9.17) is 4.74 Å². The highest BCUT2D eigenvalue weighted by Gasteiger charge is 2.48. The van der Waals surface area contributed by atoms with Crippen LogP contribution in [0.1, 0.15) is 46.8 Å². The quantitative estimate of drug-likeness (QED) is 0.872. The van der Waals surface area contributed by atoms with E-state index in [0.29, 0.717) is 25.4 Å². The highest BCUT2D eigenvalue weighted by Crippen LogP contribution is 2.42. The molecule has 2 fully saturated rings. The molecule has 1 unspecified atom stereocenters. The average molecular weight is 338 g/mol. The molecule has 2 aromatic rings. The van der Waals surface area contributed by atoms with Gasteiger partial charge in [0.15, 0.2) is 0 Å². The van der Waals surface area contributed by atoms with Crippen molar-refractivity contribution < 1.29 is 14.3 Å². The molecule has 5 nitrogen and oxygen atoms in total. The molecule has 130 valence electrons. The third kappa shape index (κ3) is 2.64. The van der Waals surface area contributed by atoms with Crippen LogP contribution in [0.15, 0.2) is 42.6 Å². The van der Waals surface area contributed by atoms with Crippen molar-refractivity contribution in [3.05, 3.63) is 59.4 Å². The summed E-state index contributed by atoms with van der Waals surface area (Å²) in [7, 11) is 1.41. The molecule has 0 bridgehead atoms. The van der Waals surface area contributed by atoms with Crippen LogP contribution < -0.4 is 0 Å². The van der Waals surface area contributed by atoms with Gasteiger partial charge in [-0.25, -0.2) is 0 Å². The minimum Gasteiger partial charge on any atom is -0.468 e. The summed E-state index contributed by atoms with van der Waals surface area (Å²) in [4.78, 5) is 30.7. The van der Waals surface area contributed by atoms with Crippen molar-refractivity contribution in [3.63, 3.8) is 0 Å². The number of nitrogens with zero attached hydrogens (tertiary/aromatic N) is 1. The zero-order valence-electron chi connectivity index (χ0n) is 14.3. The van der Waals surface area contributed by atoms with Crippen LogP contribution in [0.5, 0.6) is 0 Å². The van der Waals surface area contributed by atoms with Crippen molar-refractivity contribution in [3.8, 4) is 0 Å². The van der Waals surface area contributed by atoms with Gasteiger partial charge in [-0.1, -0.05) is 30.3 Å². The summed E-state index contributed by atoms with van der Waals surface area (Å²) in [6.45, 7) is 0.913. The molecule has 1 aliphatic carbocycles. The van der Waals surface area contributed by atoms with Gasteiger partial charge in [0, 0.05) is 25.0 Å². The number of methoxy groups -OCH3 is 1. The second kappa shape index (κ2) is 6.06. The van der Waals surface area contributed by atoms with E-state index in [1.54, 1.807) is 4.90 Å². The van der Waals surface area contributed by atoms with Crippen molar-refractivity contribution in [2.24, 2.45) is 0 Å². The number of aromatic amines is 1. The Morgan fingerprint density at radius 2 is 1.96 bits per heavy atom. The molecule has 2 heterocycles. The summed E-state index contributed by atoms with van der Waals surface area (Å²) < 4.78 is 5.10. The number of H-pyrrole nitrogens is 1. The Labute approximate surface area is 147 Å². The number of nitrogens with one attached hydrogen (secondary N) is 1. The van der Waals surface area contributed by atoms with E-state index in [1.165, 1.54) is 7.11 Å². The maximum Gasteiger partial charge on any atom is 0.318 e. The maximum atomic E-state index is 13.0. The standard InChI is InChI=1S/C20H22N2O3/c1-25-19(24)20(15-5-3-2-4-6-15)10-12-22(13-20)18(23)16-9-11-21-17(16)14-7-8-14/h2-6,9,11,14,21H,7-8,10,12-13H2,1H3. The normalized spacial score (nSPS) is 22.8. The van der Waals surface area contributed by atoms with Gasteiger partial charge < -0.3 is 14.6 Å². The van der Waals surface area contributed by atoms with E-state index in [9.17, 15) is 9.59 Å². The van der Waals surface area contributed by atoms with Gasteiger partial charge >= 0.3 is 5.97 Å². The number of amides is 1. The van der Waals surface area contributed by atoms with Crippen LogP contribution in [0.4, 0.5) is 0 Å². The Bertz CT molecular complexity index is 794.